The highest BCUT2D eigenvalue weighted by Gasteiger charge is 2.10. The number of ether oxygens (including phenoxy) is 1. The van der Waals surface area contributed by atoms with Gasteiger partial charge in [-0.05, 0) is 29.7 Å². The Morgan fingerprint density at radius 1 is 1.17 bits per heavy atom. The van der Waals surface area contributed by atoms with Crippen LogP contribution in [0.25, 0.3) is 0 Å². The van der Waals surface area contributed by atoms with Gasteiger partial charge in [0.1, 0.15) is 0 Å². The van der Waals surface area contributed by atoms with Crippen molar-refractivity contribution < 1.29 is 9.13 Å². The Kier molecular flexibility index (Phi) is 3.95. The average Bonchev–Trinajstić information content (AvgIpc) is 2.39. The van der Waals surface area contributed by atoms with Crippen LogP contribution in [0.5, 0.6) is 5.75 Å². The van der Waals surface area contributed by atoms with Crippen LogP contribution in [-0.2, 0) is 6.42 Å². The fraction of sp³-hybridized carbons (Fsp3) is 0.200. The SMILES string of the molecule is COc1ccc(C(N)Cc2ccccc2)cc1F. The molecule has 0 heterocycles. The van der Waals surface area contributed by atoms with E-state index in [0.717, 1.165) is 11.1 Å². The van der Waals surface area contributed by atoms with Gasteiger partial charge in [-0.15, -0.1) is 0 Å². The summed E-state index contributed by atoms with van der Waals surface area (Å²) in [7, 11) is 1.45. The Hall–Kier alpha value is -1.87. The molecule has 0 saturated carbocycles. The first-order chi connectivity index (χ1) is 8.70. The molecule has 94 valence electrons. The highest BCUT2D eigenvalue weighted by atomic mass is 19.1. The van der Waals surface area contributed by atoms with Gasteiger partial charge in [-0.1, -0.05) is 36.4 Å². The lowest BCUT2D eigenvalue weighted by Crippen LogP contribution is -2.13. The summed E-state index contributed by atoms with van der Waals surface area (Å²) in [5.41, 5.74) is 8.00. The van der Waals surface area contributed by atoms with Crippen molar-refractivity contribution in [3.8, 4) is 5.75 Å². The minimum atomic E-state index is -0.376. The zero-order valence-corrected chi connectivity index (χ0v) is 10.3. The summed E-state index contributed by atoms with van der Waals surface area (Å²) < 4.78 is 18.5. The van der Waals surface area contributed by atoms with Gasteiger partial charge in [-0.2, -0.15) is 0 Å². The molecule has 0 bridgehead atoms. The summed E-state index contributed by atoms with van der Waals surface area (Å²) in [5.74, 6) is -0.135. The fourth-order valence-corrected chi connectivity index (χ4v) is 1.90. The first-order valence-electron chi connectivity index (χ1n) is 5.83. The van der Waals surface area contributed by atoms with E-state index in [4.69, 9.17) is 10.5 Å². The summed E-state index contributed by atoms with van der Waals surface area (Å²) in [6.45, 7) is 0. The number of hydrogen-bond acceptors (Lipinski definition) is 2. The standard InChI is InChI=1S/C15H16FNO/c1-18-15-8-7-12(10-13(15)16)14(17)9-11-5-3-2-4-6-11/h2-8,10,14H,9,17H2,1H3. The molecule has 18 heavy (non-hydrogen) atoms. The second-order valence-electron chi connectivity index (χ2n) is 4.19. The van der Waals surface area contributed by atoms with Crippen LogP contribution in [0, 0.1) is 5.82 Å². The first-order valence-corrected chi connectivity index (χ1v) is 5.83. The van der Waals surface area contributed by atoms with Crippen LogP contribution in [0.15, 0.2) is 48.5 Å². The molecule has 2 aromatic rings. The van der Waals surface area contributed by atoms with Gasteiger partial charge in [-0.25, -0.2) is 4.39 Å². The molecule has 0 aliphatic carbocycles. The molecule has 0 radical (unpaired) electrons. The largest absolute Gasteiger partial charge is 0.494 e. The summed E-state index contributed by atoms with van der Waals surface area (Å²) in [4.78, 5) is 0. The predicted octanol–water partition coefficient (Wildman–Crippen LogP) is 3.08. The maximum Gasteiger partial charge on any atom is 0.165 e. The van der Waals surface area contributed by atoms with Gasteiger partial charge in [0.2, 0.25) is 0 Å². The van der Waals surface area contributed by atoms with Gasteiger partial charge in [0, 0.05) is 6.04 Å². The number of hydrogen-bond donors (Lipinski definition) is 1. The third kappa shape index (κ3) is 2.87. The molecule has 0 aliphatic rings. The zero-order valence-electron chi connectivity index (χ0n) is 10.3. The molecule has 0 aromatic heterocycles. The predicted molar refractivity (Wildman–Crippen MR) is 70.0 cm³/mol. The van der Waals surface area contributed by atoms with Crippen LogP contribution in [0.3, 0.4) is 0 Å². The van der Waals surface area contributed by atoms with Gasteiger partial charge in [-0.3, -0.25) is 0 Å². The van der Waals surface area contributed by atoms with Crippen molar-refractivity contribution in [3.63, 3.8) is 0 Å². The monoisotopic (exact) mass is 245 g/mol. The number of methoxy groups -OCH3 is 1. The highest BCUT2D eigenvalue weighted by molar-refractivity contribution is 5.32. The minimum Gasteiger partial charge on any atom is -0.494 e. The molecule has 2 N–H and O–H groups in total. The Balaban J connectivity index is 2.14. The van der Waals surface area contributed by atoms with E-state index in [1.165, 1.54) is 13.2 Å². The van der Waals surface area contributed by atoms with E-state index in [-0.39, 0.29) is 17.6 Å². The fourth-order valence-electron chi connectivity index (χ4n) is 1.90. The Labute approximate surface area is 106 Å². The molecule has 1 unspecified atom stereocenters. The van der Waals surface area contributed by atoms with Crippen LogP contribution < -0.4 is 10.5 Å². The first kappa shape index (κ1) is 12.6. The molecule has 3 heteroatoms. The van der Waals surface area contributed by atoms with Gasteiger partial charge in [0.15, 0.2) is 11.6 Å². The van der Waals surface area contributed by atoms with Crippen LogP contribution in [0.1, 0.15) is 17.2 Å². The molecular weight excluding hydrogens is 229 g/mol. The lowest BCUT2D eigenvalue weighted by Gasteiger charge is -2.13. The number of rotatable bonds is 4. The minimum absolute atomic E-state index is 0.215. The molecule has 2 aromatic carbocycles. The summed E-state index contributed by atoms with van der Waals surface area (Å²) in [6, 6.07) is 14.6. The van der Waals surface area contributed by atoms with Crippen LogP contribution in [0.2, 0.25) is 0 Å². The van der Waals surface area contributed by atoms with E-state index in [1.807, 2.05) is 30.3 Å². The summed E-state index contributed by atoms with van der Waals surface area (Å²) >= 11 is 0. The molecule has 0 aliphatic heterocycles. The third-order valence-electron chi connectivity index (χ3n) is 2.90. The molecule has 1 atom stereocenters. The van der Waals surface area contributed by atoms with Crippen molar-refractivity contribution >= 4 is 0 Å². The average molecular weight is 245 g/mol. The Morgan fingerprint density at radius 3 is 2.50 bits per heavy atom. The molecular formula is C15H16FNO. The van der Waals surface area contributed by atoms with E-state index >= 15 is 0 Å². The van der Waals surface area contributed by atoms with E-state index < -0.39 is 0 Å². The second-order valence-corrected chi connectivity index (χ2v) is 4.19. The molecule has 2 rings (SSSR count). The third-order valence-corrected chi connectivity index (χ3v) is 2.90. The van der Waals surface area contributed by atoms with Crippen LogP contribution in [0.4, 0.5) is 4.39 Å². The van der Waals surface area contributed by atoms with Crippen LogP contribution in [-0.4, -0.2) is 7.11 Å². The van der Waals surface area contributed by atoms with Crippen molar-refractivity contribution in [1.29, 1.82) is 0 Å². The second kappa shape index (κ2) is 5.65. The maximum absolute atomic E-state index is 13.6. The van der Waals surface area contributed by atoms with E-state index in [1.54, 1.807) is 12.1 Å². The molecule has 0 saturated heterocycles. The molecule has 0 fully saturated rings. The molecule has 0 amide bonds. The lowest BCUT2D eigenvalue weighted by molar-refractivity contribution is 0.386. The van der Waals surface area contributed by atoms with Gasteiger partial charge < -0.3 is 10.5 Å². The van der Waals surface area contributed by atoms with Crippen molar-refractivity contribution in [2.24, 2.45) is 5.73 Å². The quantitative estimate of drug-likeness (QED) is 0.898. The van der Waals surface area contributed by atoms with E-state index in [0.29, 0.717) is 6.42 Å². The molecule has 0 spiro atoms. The Morgan fingerprint density at radius 2 is 1.89 bits per heavy atom. The lowest BCUT2D eigenvalue weighted by atomic mass is 9.99. The van der Waals surface area contributed by atoms with Crippen molar-refractivity contribution in [1.82, 2.24) is 0 Å². The normalized spacial score (nSPS) is 12.2. The van der Waals surface area contributed by atoms with Gasteiger partial charge >= 0.3 is 0 Å². The van der Waals surface area contributed by atoms with Crippen molar-refractivity contribution in [3.05, 3.63) is 65.5 Å². The zero-order chi connectivity index (χ0) is 13.0. The Bertz CT molecular complexity index is 513. The number of benzene rings is 2. The molecule has 2 nitrogen and oxygen atoms in total. The maximum atomic E-state index is 13.6. The van der Waals surface area contributed by atoms with Crippen LogP contribution >= 0.6 is 0 Å². The summed E-state index contributed by atoms with van der Waals surface area (Å²) in [6.07, 6.45) is 0.687. The van der Waals surface area contributed by atoms with Gasteiger partial charge in [0.05, 0.1) is 7.11 Å². The summed E-state index contributed by atoms with van der Waals surface area (Å²) in [5, 5.41) is 0. The highest BCUT2D eigenvalue weighted by Crippen LogP contribution is 2.22. The smallest absolute Gasteiger partial charge is 0.165 e. The van der Waals surface area contributed by atoms with Gasteiger partial charge in [0.25, 0.3) is 0 Å². The number of halogens is 1. The van der Waals surface area contributed by atoms with Crippen molar-refractivity contribution in [2.75, 3.05) is 7.11 Å². The topological polar surface area (TPSA) is 35.2 Å². The number of nitrogens with two attached hydrogens (primary N) is 1. The van der Waals surface area contributed by atoms with Crippen molar-refractivity contribution in [2.45, 2.75) is 12.5 Å². The van der Waals surface area contributed by atoms with E-state index in [2.05, 4.69) is 0 Å². The van der Waals surface area contributed by atoms with E-state index in [9.17, 15) is 4.39 Å².